The predicted molar refractivity (Wildman–Crippen MR) is 400 cm³/mol. The van der Waals surface area contributed by atoms with Gasteiger partial charge >= 0.3 is 0 Å². The van der Waals surface area contributed by atoms with Crippen LogP contribution in [0.25, 0.3) is 0 Å². The topological polar surface area (TPSA) is 149 Å². The standard InChI is InChI=1S/C84H141NO8/c1-3-5-7-9-11-13-15-17-19-21-23-25-27-29-31-33-35-36-37-38-39-40-41-42-44-46-48-50-52-54-56-58-60-62-64-66-68-70-72-74-80(88)85-77(76-92-84-83(91)82(90)81(89)79(75-86)93-84)78(87)73-71-69-67-65-63-61-59-57-55-53-51-49-47-45-43-34-32-30-28-26-24-22-20-18-16-14-12-10-8-6-4-2/h5,7,11,13,17,19,23,25,29,31,35-36,38-39,41-42,46,48,52,54-55,57,63,65,71,73,77-79,81-84,86-87,89-91H,3-4,6,8-10,12,14-16,18,20-22,24,26-28,30,32-34,37,40,43-45,47,49-51,53,56,58-62,64,66-70,72,74-76H2,1-2H3,(H,85,88)/b7-5-,13-11-,19-17-,25-23-,31-29-,36-35-,39-38-,42-41-,48-46-,54-52-,57-55+,65-63+,73-71+. The lowest BCUT2D eigenvalue weighted by molar-refractivity contribution is -0.302. The lowest BCUT2D eigenvalue weighted by Gasteiger charge is -2.40. The maximum Gasteiger partial charge on any atom is 0.220 e. The molecule has 9 heteroatoms. The average molecular weight is 1290 g/mol. The lowest BCUT2D eigenvalue weighted by atomic mass is 9.99. The Labute approximate surface area is 571 Å². The van der Waals surface area contributed by atoms with Crippen molar-refractivity contribution in [3.05, 3.63) is 158 Å². The van der Waals surface area contributed by atoms with Crippen LogP contribution in [0.5, 0.6) is 0 Å². The highest BCUT2D eigenvalue weighted by molar-refractivity contribution is 5.76. The molecule has 0 spiro atoms. The number of unbranched alkanes of at least 4 members (excludes halogenated alkanes) is 31. The fourth-order valence-corrected chi connectivity index (χ4v) is 11.2. The number of nitrogens with one attached hydrogen (secondary N) is 1. The molecule has 0 saturated carbocycles. The number of carbonyl (C=O) groups is 1. The van der Waals surface area contributed by atoms with Gasteiger partial charge in [0.2, 0.25) is 5.91 Å². The Morgan fingerprint density at radius 1 is 0.376 bits per heavy atom. The van der Waals surface area contributed by atoms with E-state index in [0.717, 1.165) is 128 Å². The fourth-order valence-electron chi connectivity index (χ4n) is 11.2. The average Bonchev–Trinajstić information content (AvgIpc) is 1.02. The van der Waals surface area contributed by atoms with Gasteiger partial charge in [0.15, 0.2) is 6.29 Å². The predicted octanol–water partition coefficient (Wildman–Crippen LogP) is 21.9. The largest absolute Gasteiger partial charge is 0.394 e. The molecule has 530 valence electrons. The van der Waals surface area contributed by atoms with Gasteiger partial charge in [-0.25, -0.2) is 0 Å². The second-order valence-electron chi connectivity index (χ2n) is 25.7. The SMILES string of the molecule is CC/C=C\C/C=C\C/C=C\C/C=C\C/C=C\C/C=C\C/C=C\C/C=C\C/C=C\C/C=C\CCCCCCCCCCC(=O)NC(COC1OC(CO)C(O)C(O)C1O)C(O)/C=C/CC/C=C/CC/C=C/CCCCCCCCCCCCCCCCCCCCCCC. The third-order valence-electron chi connectivity index (χ3n) is 17.1. The third-order valence-corrected chi connectivity index (χ3v) is 17.1. The van der Waals surface area contributed by atoms with E-state index in [4.69, 9.17) is 9.47 Å². The van der Waals surface area contributed by atoms with Gasteiger partial charge in [0.25, 0.3) is 0 Å². The molecular weight excluding hydrogens is 1150 g/mol. The van der Waals surface area contributed by atoms with Crippen LogP contribution in [0, 0.1) is 0 Å². The van der Waals surface area contributed by atoms with Crippen molar-refractivity contribution >= 4 is 5.91 Å². The number of aliphatic hydroxyl groups is 5. The number of hydrogen-bond acceptors (Lipinski definition) is 8. The number of hydrogen-bond donors (Lipinski definition) is 6. The van der Waals surface area contributed by atoms with Gasteiger partial charge in [0.1, 0.15) is 24.4 Å². The van der Waals surface area contributed by atoms with E-state index in [1.165, 1.54) is 161 Å². The smallest absolute Gasteiger partial charge is 0.220 e. The molecular formula is C84H141NO8. The maximum atomic E-state index is 13.2. The molecule has 1 heterocycles. The number of allylic oxidation sites excluding steroid dienone is 25. The van der Waals surface area contributed by atoms with Gasteiger partial charge in [0.05, 0.1) is 25.4 Å². The summed E-state index contributed by atoms with van der Waals surface area (Å²) in [5.74, 6) is -0.203. The molecule has 0 aliphatic carbocycles. The summed E-state index contributed by atoms with van der Waals surface area (Å²) in [7, 11) is 0. The monoisotopic (exact) mass is 1290 g/mol. The molecule has 0 aromatic heterocycles. The Kier molecular flexibility index (Phi) is 65.9. The first kappa shape index (κ1) is 86.8. The van der Waals surface area contributed by atoms with Crippen LogP contribution >= 0.6 is 0 Å². The molecule has 0 radical (unpaired) electrons. The van der Waals surface area contributed by atoms with Crippen molar-refractivity contribution in [3.63, 3.8) is 0 Å². The van der Waals surface area contributed by atoms with E-state index in [1.54, 1.807) is 6.08 Å². The third kappa shape index (κ3) is 58.9. The zero-order valence-electron chi connectivity index (χ0n) is 59.5. The highest BCUT2D eigenvalue weighted by Crippen LogP contribution is 2.23. The van der Waals surface area contributed by atoms with Crippen LogP contribution in [-0.2, 0) is 14.3 Å². The molecule has 1 rings (SSSR count). The van der Waals surface area contributed by atoms with E-state index < -0.39 is 49.5 Å². The van der Waals surface area contributed by atoms with Gasteiger partial charge in [-0.05, 0) is 122 Å². The Balaban J connectivity index is 2.17. The van der Waals surface area contributed by atoms with E-state index >= 15 is 0 Å². The molecule has 1 saturated heterocycles. The van der Waals surface area contributed by atoms with Crippen LogP contribution in [0.15, 0.2) is 158 Å². The quantitative estimate of drug-likeness (QED) is 0.0261. The first-order chi connectivity index (χ1) is 45.8. The van der Waals surface area contributed by atoms with Crippen molar-refractivity contribution in [2.75, 3.05) is 13.2 Å². The van der Waals surface area contributed by atoms with Crippen LogP contribution in [0.1, 0.15) is 309 Å². The zero-order chi connectivity index (χ0) is 67.1. The summed E-state index contributed by atoms with van der Waals surface area (Å²) < 4.78 is 11.3. The van der Waals surface area contributed by atoms with Gasteiger partial charge in [-0.1, -0.05) is 339 Å². The minimum absolute atomic E-state index is 0.203. The van der Waals surface area contributed by atoms with Crippen molar-refractivity contribution in [2.24, 2.45) is 0 Å². The van der Waals surface area contributed by atoms with Gasteiger partial charge < -0.3 is 40.3 Å². The van der Waals surface area contributed by atoms with E-state index in [9.17, 15) is 30.3 Å². The van der Waals surface area contributed by atoms with E-state index in [0.29, 0.717) is 6.42 Å². The Hall–Kier alpha value is -4.19. The molecule has 9 nitrogen and oxygen atoms in total. The van der Waals surface area contributed by atoms with Crippen molar-refractivity contribution in [1.82, 2.24) is 5.32 Å². The van der Waals surface area contributed by atoms with Gasteiger partial charge in [-0.2, -0.15) is 0 Å². The van der Waals surface area contributed by atoms with Crippen molar-refractivity contribution in [1.29, 1.82) is 0 Å². The second-order valence-corrected chi connectivity index (χ2v) is 25.7. The first-order valence-corrected chi connectivity index (χ1v) is 38.2. The van der Waals surface area contributed by atoms with Crippen LogP contribution in [-0.4, -0.2) is 87.5 Å². The summed E-state index contributed by atoms with van der Waals surface area (Å²) in [5.41, 5.74) is 0. The number of aliphatic hydroxyl groups excluding tert-OH is 5. The summed E-state index contributed by atoms with van der Waals surface area (Å²) in [5, 5.41) is 54.8. The molecule has 7 unspecified atom stereocenters. The minimum atomic E-state index is -1.59. The summed E-state index contributed by atoms with van der Waals surface area (Å²) in [6.07, 6.45) is 104. The Morgan fingerprint density at radius 2 is 0.677 bits per heavy atom. The first-order valence-electron chi connectivity index (χ1n) is 38.2. The highest BCUT2D eigenvalue weighted by Gasteiger charge is 2.44. The number of amides is 1. The molecule has 0 aromatic rings. The van der Waals surface area contributed by atoms with Gasteiger partial charge in [-0.3, -0.25) is 4.79 Å². The number of rotatable bonds is 65. The zero-order valence-corrected chi connectivity index (χ0v) is 59.5. The van der Waals surface area contributed by atoms with Crippen LogP contribution < -0.4 is 5.32 Å². The number of ether oxygens (including phenoxy) is 2. The van der Waals surface area contributed by atoms with Gasteiger partial charge in [0, 0.05) is 6.42 Å². The number of carbonyl (C=O) groups excluding carboxylic acids is 1. The molecule has 93 heavy (non-hydrogen) atoms. The Morgan fingerprint density at radius 3 is 1.03 bits per heavy atom. The van der Waals surface area contributed by atoms with Crippen LogP contribution in [0.4, 0.5) is 0 Å². The lowest BCUT2D eigenvalue weighted by Crippen LogP contribution is -2.60. The molecule has 1 fully saturated rings. The molecule has 7 atom stereocenters. The highest BCUT2D eigenvalue weighted by atomic mass is 16.7. The normalized spacial score (nSPS) is 18.5. The van der Waals surface area contributed by atoms with E-state index in [2.05, 4.69) is 165 Å². The van der Waals surface area contributed by atoms with Gasteiger partial charge in [-0.15, -0.1) is 0 Å². The Bertz CT molecular complexity index is 2040. The minimum Gasteiger partial charge on any atom is -0.394 e. The van der Waals surface area contributed by atoms with Crippen molar-refractivity contribution in [2.45, 2.75) is 352 Å². The van der Waals surface area contributed by atoms with Crippen LogP contribution in [0.3, 0.4) is 0 Å². The molecule has 0 aromatic carbocycles. The summed E-state index contributed by atoms with van der Waals surface area (Å²) in [6, 6.07) is -0.847. The van der Waals surface area contributed by atoms with Crippen molar-refractivity contribution in [3.8, 4) is 0 Å². The summed E-state index contributed by atoms with van der Waals surface area (Å²) >= 11 is 0. The summed E-state index contributed by atoms with van der Waals surface area (Å²) in [4.78, 5) is 13.2. The molecule has 6 N–H and O–H groups in total. The molecule has 1 amide bonds. The molecule has 1 aliphatic rings. The van der Waals surface area contributed by atoms with Crippen LogP contribution in [0.2, 0.25) is 0 Å². The summed E-state index contributed by atoms with van der Waals surface area (Å²) in [6.45, 7) is 3.66. The van der Waals surface area contributed by atoms with E-state index in [1.807, 2.05) is 6.08 Å². The fraction of sp³-hybridized carbons (Fsp3) is 0.679. The van der Waals surface area contributed by atoms with E-state index in [-0.39, 0.29) is 12.5 Å². The van der Waals surface area contributed by atoms with Crippen molar-refractivity contribution < 1.29 is 39.8 Å². The maximum absolute atomic E-state index is 13.2. The second kappa shape index (κ2) is 70.6. The molecule has 0 bridgehead atoms. The molecule has 1 aliphatic heterocycles.